The predicted octanol–water partition coefficient (Wildman–Crippen LogP) is 12.9. The first kappa shape index (κ1) is 34.5. The Balaban J connectivity index is 1.26. The van der Waals surface area contributed by atoms with Crippen LogP contribution in [-0.2, 0) is 0 Å². The van der Waals surface area contributed by atoms with E-state index in [4.69, 9.17) is 4.65 Å². The van der Waals surface area contributed by atoms with Crippen molar-refractivity contribution in [1.82, 2.24) is 4.57 Å². The van der Waals surface area contributed by atoms with Gasteiger partial charge in [-0.05, 0) is 146 Å². The topological polar surface area (TPSA) is 17.4 Å². The summed E-state index contributed by atoms with van der Waals surface area (Å²) < 4.78 is 9.74. The average Bonchev–Trinajstić information content (AvgIpc) is 3.55. The molecule has 2 aliphatic heterocycles. The molecule has 0 spiro atoms. The first-order valence-corrected chi connectivity index (χ1v) is 20.4. The Bertz CT molecular complexity index is 3110. The average molecular weight is 747 g/mol. The predicted molar refractivity (Wildman–Crippen MR) is 246 cm³/mol. The van der Waals surface area contributed by atoms with E-state index in [-0.39, 0.29) is 6.92 Å². The zero-order chi connectivity index (χ0) is 39.4. The number of aromatic nitrogens is 1. The minimum Gasteiger partial charge on any atom is -0.551 e. The van der Waals surface area contributed by atoms with Gasteiger partial charge in [0, 0.05) is 38.9 Å². The third-order valence-corrected chi connectivity index (χ3v) is 12.5. The zero-order valence-electron chi connectivity index (χ0n) is 33.8. The summed E-state index contributed by atoms with van der Waals surface area (Å²) in [5, 5.41) is 2.45. The van der Waals surface area contributed by atoms with Crippen molar-refractivity contribution in [3.63, 3.8) is 0 Å². The van der Waals surface area contributed by atoms with Crippen molar-refractivity contribution in [1.29, 1.82) is 0 Å². The first-order chi connectivity index (χ1) is 28.2. The molecule has 0 atom stereocenters. The number of para-hydroxylation sites is 3. The van der Waals surface area contributed by atoms with Gasteiger partial charge in [-0.3, -0.25) is 0 Å². The molecule has 3 heterocycles. The lowest BCUT2D eigenvalue weighted by atomic mass is 9.49. The van der Waals surface area contributed by atoms with Crippen molar-refractivity contribution in [2.75, 3.05) is 4.90 Å². The lowest BCUT2D eigenvalue weighted by molar-refractivity contribution is 0.590. The number of hydrogen-bond donors (Lipinski definition) is 0. The molecule has 0 saturated heterocycles. The van der Waals surface area contributed by atoms with E-state index < -0.39 is 0 Å². The van der Waals surface area contributed by atoms with E-state index in [9.17, 15) is 0 Å². The maximum absolute atomic E-state index is 7.27. The van der Waals surface area contributed by atoms with Crippen molar-refractivity contribution in [3.8, 4) is 44.8 Å². The fourth-order valence-electron chi connectivity index (χ4n) is 10.4. The van der Waals surface area contributed by atoms with E-state index in [2.05, 4.69) is 203 Å². The summed E-state index contributed by atoms with van der Waals surface area (Å²) in [6.45, 7) is 13.0. The molecule has 0 radical (unpaired) electrons. The van der Waals surface area contributed by atoms with Gasteiger partial charge >= 0.3 is 6.92 Å². The molecule has 278 valence electrons. The third kappa shape index (κ3) is 5.07. The highest BCUT2D eigenvalue weighted by atomic mass is 16.4. The monoisotopic (exact) mass is 746 g/mol. The highest BCUT2D eigenvalue weighted by Crippen LogP contribution is 2.49. The molecule has 58 heavy (non-hydrogen) atoms. The minimum absolute atomic E-state index is 0.319. The fourth-order valence-corrected chi connectivity index (χ4v) is 10.4. The van der Waals surface area contributed by atoms with Gasteiger partial charge in [-0.25, -0.2) is 0 Å². The van der Waals surface area contributed by atoms with Crippen molar-refractivity contribution in [2.24, 2.45) is 0 Å². The van der Waals surface area contributed by atoms with Crippen LogP contribution in [0.4, 0.5) is 17.1 Å². The van der Waals surface area contributed by atoms with Crippen molar-refractivity contribution in [3.05, 3.63) is 185 Å². The van der Waals surface area contributed by atoms with E-state index in [0.717, 1.165) is 39.5 Å². The normalized spacial score (nSPS) is 12.7. The lowest BCUT2D eigenvalue weighted by Gasteiger charge is -2.40. The molecule has 0 bridgehead atoms. The molecule has 9 aromatic rings. The smallest absolute Gasteiger partial charge is 0.431 e. The van der Waals surface area contributed by atoms with E-state index in [1.54, 1.807) is 0 Å². The van der Waals surface area contributed by atoms with E-state index in [1.165, 1.54) is 88.5 Å². The Kier molecular flexibility index (Phi) is 7.65. The summed E-state index contributed by atoms with van der Waals surface area (Å²) in [7, 11) is 0. The molecule has 0 unspecified atom stereocenters. The van der Waals surface area contributed by atoms with E-state index >= 15 is 0 Å². The molecule has 0 amide bonds. The summed E-state index contributed by atoms with van der Waals surface area (Å²) in [4.78, 5) is 2.53. The quantitative estimate of drug-likeness (QED) is 0.167. The highest BCUT2D eigenvalue weighted by molar-refractivity contribution is 6.86. The lowest BCUT2D eigenvalue weighted by Crippen LogP contribution is -2.56. The Morgan fingerprint density at radius 3 is 1.79 bits per heavy atom. The van der Waals surface area contributed by atoms with Crippen LogP contribution >= 0.6 is 0 Å². The zero-order valence-corrected chi connectivity index (χ0v) is 33.8. The molecule has 0 aliphatic carbocycles. The Morgan fingerprint density at radius 2 is 1.09 bits per heavy atom. The van der Waals surface area contributed by atoms with Gasteiger partial charge in [0.25, 0.3) is 0 Å². The standard InChI is InChI=1S/C54H43BN2O/c1-32-26-34(3)50(35(4)27-32)38-20-23-41(24-21-38)57-48-25-22-39(51-36(5)28-33(2)29-37(51)6)30-46(48)55-52-44(43-17-11-13-19-49(43)58-55)31-45-42-16-10-12-18-47(42)56(53(45)54(52)57)40-14-8-7-9-15-40/h7-31H,1-6H3. The molecular weight excluding hydrogens is 703 g/mol. The van der Waals surface area contributed by atoms with Crippen LogP contribution < -0.4 is 20.5 Å². The molecule has 11 rings (SSSR count). The van der Waals surface area contributed by atoms with Gasteiger partial charge in [-0.2, -0.15) is 0 Å². The van der Waals surface area contributed by atoms with Gasteiger partial charge in [-0.15, -0.1) is 0 Å². The molecule has 3 nitrogen and oxygen atoms in total. The van der Waals surface area contributed by atoms with E-state index in [1.807, 2.05) is 0 Å². The van der Waals surface area contributed by atoms with Gasteiger partial charge in [0.15, 0.2) is 0 Å². The second kappa shape index (κ2) is 12.9. The van der Waals surface area contributed by atoms with Crippen LogP contribution in [0, 0.1) is 41.5 Å². The largest absolute Gasteiger partial charge is 0.551 e. The van der Waals surface area contributed by atoms with Crippen LogP contribution in [0.3, 0.4) is 0 Å². The van der Waals surface area contributed by atoms with Crippen molar-refractivity contribution in [2.45, 2.75) is 41.5 Å². The van der Waals surface area contributed by atoms with Crippen LogP contribution in [0.2, 0.25) is 0 Å². The van der Waals surface area contributed by atoms with Gasteiger partial charge in [-0.1, -0.05) is 114 Å². The van der Waals surface area contributed by atoms with Crippen LogP contribution in [-0.4, -0.2) is 11.5 Å². The maximum Gasteiger partial charge on any atom is 0.431 e. The molecule has 0 saturated carbocycles. The number of nitrogens with zero attached hydrogens (tertiary/aromatic N) is 2. The number of anilines is 3. The Hall–Kier alpha value is -6.78. The third-order valence-electron chi connectivity index (χ3n) is 12.5. The SMILES string of the molecule is Cc1cc(C)c(-c2ccc(N3c4ccc(-c5c(C)cc(C)cc5C)cc4B4Oc5ccccc5-c5cc6c7ccccc7n(-c7ccccc7)c6c3c54)cc2)c(C)c1. The molecule has 0 N–H and O–H groups in total. The summed E-state index contributed by atoms with van der Waals surface area (Å²) in [5.74, 6) is 0.915. The van der Waals surface area contributed by atoms with Gasteiger partial charge in [0.05, 0.1) is 16.7 Å². The van der Waals surface area contributed by atoms with Crippen LogP contribution in [0.5, 0.6) is 5.75 Å². The van der Waals surface area contributed by atoms with E-state index in [0.29, 0.717) is 0 Å². The second-order valence-electron chi connectivity index (χ2n) is 16.5. The molecule has 4 heteroatoms. The number of rotatable bonds is 4. The van der Waals surface area contributed by atoms with Gasteiger partial charge in [0.2, 0.25) is 0 Å². The molecular formula is C54H43BN2O. The van der Waals surface area contributed by atoms with Gasteiger partial charge < -0.3 is 14.1 Å². The second-order valence-corrected chi connectivity index (χ2v) is 16.5. The number of aryl methyl sites for hydroxylation is 6. The first-order valence-electron chi connectivity index (χ1n) is 20.4. The molecule has 0 fully saturated rings. The van der Waals surface area contributed by atoms with Crippen molar-refractivity contribution >= 4 is 56.7 Å². The summed E-state index contributed by atoms with van der Waals surface area (Å²) in [5.41, 5.74) is 24.4. The summed E-state index contributed by atoms with van der Waals surface area (Å²) >= 11 is 0. The highest BCUT2D eigenvalue weighted by Gasteiger charge is 2.44. The summed E-state index contributed by atoms with van der Waals surface area (Å²) in [6, 6.07) is 56.2. The van der Waals surface area contributed by atoms with Crippen LogP contribution in [0.1, 0.15) is 33.4 Å². The van der Waals surface area contributed by atoms with Crippen LogP contribution in [0.25, 0.3) is 60.9 Å². The number of fused-ring (bicyclic) bond motifs is 8. The Labute approximate surface area is 340 Å². The Morgan fingerprint density at radius 1 is 0.483 bits per heavy atom. The minimum atomic E-state index is -0.319. The maximum atomic E-state index is 7.27. The number of benzene rings is 8. The van der Waals surface area contributed by atoms with Crippen LogP contribution in [0.15, 0.2) is 152 Å². The van der Waals surface area contributed by atoms with Gasteiger partial charge in [0.1, 0.15) is 5.75 Å². The van der Waals surface area contributed by atoms with Crippen molar-refractivity contribution < 1.29 is 4.65 Å². The number of hydrogen-bond acceptors (Lipinski definition) is 2. The molecule has 8 aromatic carbocycles. The molecule has 2 aliphatic rings. The summed E-state index contributed by atoms with van der Waals surface area (Å²) in [6.07, 6.45) is 0. The fraction of sp³-hybridized carbons (Fsp3) is 0.111. The molecule has 1 aromatic heterocycles.